The molecular weight excluding hydrogens is 244 g/mol. The van der Waals surface area contributed by atoms with Gasteiger partial charge in [0.15, 0.2) is 0 Å². The molecule has 1 heterocycles. The molecular formula is C14H16N2O3. The Morgan fingerprint density at radius 3 is 2.68 bits per heavy atom. The predicted octanol–water partition coefficient (Wildman–Crippen LogP) is 2.42. The van der Waals surface area contributed by atoms with Crippen LogP contribution in [0.4, 0.5) is 0 Å². The number of benzene rings is 1. The Kier molecular flexibility index (Phi) is 4.18. The topological polar surface area (TPSA) is 75.2 Å². The van der Waals surface area contributed by atoms with E-state index in [1.165, 1.54) is 0 Å². The number of nitrogens with one attached hydrogen (secondary N) is 1. The summed E-state index contributed by atoms with van der Waals surface area (Å²) < 4.78 is 5.37. The second-order valence-electron chi connectivity index (χ2n) is 4.13. The molecule has 0 aliphatic rings. The van der Waals surface area contributed by atoms with Gasteiger partial charge in [-0.1, -0.05) is 12.1 Å². The van der Waals surface area contributed by atoms with Crippen molar-refractivity contribution < 1.29 is 14.6 Å². The molecule has 1 atom stereocenters. The Balaban J connectivity index is 2.25. The normalized spacial score (nSPS) is 12.1. The average Bonchev–Trinajstić information content (AvgIpc) is 2.91. The van der Waals surface area contributed by atoms with Crippen LogP contribution in [0.2, 0.25) is 0 Å². The highest BCUT2D eigenvalue weighted by Gasteiger charge is 2.20. The molecule has 1 aromatic heterocycles. The standard InChI is InChI=1S/C14H16N2O3/c1-2-19-11-5-3-10(4-6-11)12(9-13(17)18)14-15-7-8-16-14/h3-8,12H,2,9H2,1H3,(H,15,16)(H,17,18). The van der Waals surface area contributed by atoms with E-state index < -0.39 is 5.97 Å². The maximum atomic E-state index is 11.0. The van der Waals surface area contributed by atoms with Gasteiger partial charge in [0, 0.05) is 12.4 Å². The van der Waals surface area contributed by atoms with Gasteiger partial charge in [-0.3, -0.25) is 4.79 Å². The summed E-state index contributed by atoms with van der Waals surface area (Å²) in [6.45, 7) is 2.53. The number of ether oxygens (including phenoxy) is 1. The minimum absolute atomic E-state index is 0.00148. The molecule has 0 radical (unpaired) electrons. The number of carbonyl (C=O) groups is 1. The largest absolute Gasteiger partial charge is 0.494 e. The molecule has 5 heteroatoms. The van der Waals surface area contributed by atoms with Gasteiger partial charge in [0.05, 0.1) is 18.9 Å². The van der Waals surface area contributed by atoms with Crippen LogP contribution in [-0.2, 0) is 4.79 Å². The number of H-pyrrole nitrogens is 1. The van der Waals surface area contributed by atoms with E-state index in [2.05, 4.69) is 9.97 Å². The molecule has 1 aromatic carbocycles. The highest BCUT2D eigenvalue weighted by atomic mass is 16.5. The van der Waals surface area contributed by atoms with Crippen LogP contribution < -0.4 is 4.74 Å². The number of hydrogen-bond acceptors (Lipinski definition) is 3. The maximum Gasteiger partial charge on any atom is 0.304 e. The zero-order valence-corrected chi connectivity index (χ0v) is 10.7. The van der Waals surface area contributed by atoms with Gasteiger partial charge in [0.1, 0.15) is 11.6 Å². The van der Waals surface area contributed by atoms with Gasteiger partial charge in [-0.25, -0.2) is 4.98 Å². The fraction of sp³-hybridized carbons (Fsp3) is 0.286. The summed E-state index contributed by atoms with van der Waals surface area (Å²) in [5.74, 6) is 0.310. The predicted molar refractivity (Wildman–Crippen MR) is 70.3 cm³/mol. The van der Waals surface area contributed by atoms with Crippen molar-refractivity contribution >= 4 is 5.97 Å². The summed E-state index contributed by atoms with van der Waals surface area (Å²) in [6.07, 6.45) is 3.32. The first-order valence-corrected chi connectivity index (χ1v) is 6.14. The highest BCUT2D eigenvalue weighted by Crippen LogP contribution is 2.27. The Hall–Kier alpha value is -2.30. The third kappa shape index (κ3) is 3.34. The van der Waals surface area contributed by atoms with Crippen LogP contribution in [0, 0.1) is 0 Å². The highest BCUT2D eigenvalue weighted by molar-refractivity contribution is 5.68. The van der Waals surface area contributed by atoms with Crippen LogP contribution in [0.1, 0.15) is 30.7 Å². The molecule has 0 aliphatic carbocycles. The third-order valence-electron chi connectivity index (χ3n) is 2.82. The summed E-state index contributed by atoms with van der Waals surface area (Å²) >= 11 is 0. The summed E-state index contributed by atoms with van der Waals surface area (Å²) in [6, 6.07) is 7.44. The first-order valence-electron chi connectivity index (χ1n) is 6.14. The number of aliphatic carboxylic acids is 1. The quantitative estimate of drug-likeness (QED) is 0.836. The van der Waals surface area contributed by atoms with E-state index in [4.69, 9.17) is 9.84 Å². The second kappa shape index (κ2) is 6.04. The lowest BCUT2D eigenvalue weighted by Gasteiger charge is -2.13. The molecule has 0 bridgehead atoms. The van der Waals surface area contributed by atoms with Crippen molar-refractivity contribution in [3.8, 4) is 5.75 Å². The smallest absolute Gasteiger partial charge is 0.304 e. The van der Waals surface area contributed by atoms with E-state index in [0.717, 1.165) is 11.3 Å². The van der Waals surface area contributed by atoms with Gasteiger partial charge < -0.3 is 14.8 Å². The minimum Gasteiger partial charge on any atom is -0.494 e. The van der Waals surface area contributed by atoms with E-state index in [9.17, 15) is 4.79 Å². The second-order valence-corrected chi connectivity index (χ2v) is 4.13. The fourth-order valence-corrected chi connectivity index (χ4v) is 1.98. The van der Waals surface area contributed by atoms with Crippen molar-refractivity contribution in [3.63, 3.8) is 0 Å². The molecule has 0 saturated heterocycles. The van der Waals surface area contributed by atoms with Crippen LogP contribution in [0.5, 0.6) is 5.75 Å². The van der Waals surface area contributed by atoms with Crippen molar-refractivity contribution in [2.24, 2.45) is 0 Å². The lowest BCUT2D eigenvalue weighted by molar-refractivity contribution is -0.137. The number of carboxylic acids is 1. The van der Waals surface area contributed by atoms with Crippen molar-refractivity contribution in [1.29, 1.82) is 0 Å². The van der Waals surface area contributed by atoms with Crippen molar-refractivity contribution in [3.05, 3.63) is 48.0 Å². The molecule has 19 heavy (non-hydrogen) atoms. The van der Waals surface area contributed by atoms with Crippen LogP contribution in [0.3, 0.4) is 0 Å². The molecule has 2 N–H and O–H groups in total. The minimum atomic E-state index is -0.852. The van der Waals surface area contributed by atoms with E-state index in [-0.39, 0.29) is 12.3 Å². The lowest BCUT2D eigenvalue weighted by Crippen LogP contribution is -2.09. The number of carboxylic acid groups (broad SMARTS) is 1. The Labute approximate surface area is 111 Å². The van der Waals surface area contributed by atoms with Gasteiger partial charge in [0.25, 0.3) is 0 Å². The average molecular weight is 260 g/mol. The number of rotatable bonds is 6. The van der Waals surface area contributed by atoms with Crippen LogP contribution in [0.25, 0.3) is 0 Å². The summed E-state index contributed by atoms with van der Waals surface area (Å²) in [7, 11) is 0. The van der Waals surface area contributed by atoms with Gasteiger partial charge >= 0.3 is 5.97 Å². The Morgan fingerprint density at radius 2 is 2.16 bits per heavy atom. The molecule has 0 fully saturated rings. The maximum absolute atomic E-state index is 11.0. The first kappa shape index (κ1) is 13.1. The fourth-order valence-electron chi connectivity index (χ4n) is 1.98. The van der Waals surface area contributed by atoms with Gasteiger partial charge in [-0.05, 0) is 24.6 Å². The number of imidazole rings is 1. The summed E-state index contributed by atoms with van der Waals surface area (Å²) in [4.78, 5) is 18.1. The molecule has 1 unspecified atom stereocenters. The number of aromatic amines is 1. The third-order valence-corrected chi connectivity index (χ3v) is 2.82. The molecule has 0 spiro atoms. The zero-order chi connectivity index (χ0) is 13.7. The zero-order valence-electron chi connectivity index (χ0n) is 10.7. The molecule has 0 aliphatic heterocycles. The van der Waals surface area contributed by atoms with Crippen molar-refractivity contribution in [2.45, 2.75) is 19.3 Å². The SMILES string of the molecule is CCOc1ccc(C(CC(=O)O)c2ncc[nH]2)cc1. The van der Waals surface area contributed by atoms with E-state index in [0.29, 0.717) is 12.4 Å². The van der Waals surface area contributed by atoms with Gasteiger partial charge in [-0.15, -0.1) is 0 Å². The van der Waals surface area contributed by atoms with E-state index in [1.54, 1.807) is 12.4 Å². The molecule has 100 valence electrons. The Bertz CT molecular complexity index is 520. The lowest BCUT2D eigenvalue weighted by atomic mass is 9.95. The summed E-state index contributed by atoms with van der Waals surface area (Å²) in [5.41, 5.74) is 0.904. The number of aromatic nitrogens is 2. The molecule has 0 saturated carbocycles. The van der Waals surface area contributed by atoms with E-state index in [1.807, 2.05) is 31.2 Å². The van der Waals surface area contributed by atoms with Crippen molar-refractivity contribution in [2.75, 3.05) is 6.61 Å². The molecule has 2 rings (SSSR count). The number of hydrogen-bond donors (Lipinski definition) is 2. The van der Waals surface area contributed by atoms with Crippen LogP contribution in [-0.4, -0.2) is 27.7 Å². The van der Waals surface area contributed by atoms with E-state index >= 15 is 0 Å². The summed E-state index contributed by atoms with van der Waals surface area (Å²) in [5, 5.41) is 9.02. The first-order chi connectivity index (χ1) is 9.20. The molecule has 0 amide bonds. The molecule has 2 aromatic rings. The monoisotopic (exact) mass is 260 g/mol. The van der Waals surface area contributed by atoms with Crippen LogP contribution >= 0.6 is 0 Å². The van der Waals surface area contributed by atoms with Crippen LogP contribution in [0.15, 0.2) is 36.7 Å². The van der Waals surface area contributed by atoms with Gasteiger partial charge in [-0.2, -0.15) is 0 Å². The molecule has 5 nitrogen and oxygen atoms in total. The number of nitrogens with zero attached hydrogens (tertiary/aromatic N) is 1. The van der Waals surface area contributed by atoms with Crippen molar-refractivity contribution in [1.82, 2.24) is 9.97 Å². The Morgan fingerprint density at radius 1 is 1.42 bits per heavy atom. The van der Waals surface area contributed by atoms with Gasteiger partial charge in [0.2, 0.25) is 0 Å².